The molecule has 3 N–H and O–H groups in total. The molecule has 0 saturated heterocycles. The Bertz CT molecular complexity index is 711. The van der Waals surface area contributed by atoms with E-state index in [2.05, 4.69) is 22.9 Å². The van der Waals surface area contributed by atoms with Crippen LogP contribution in [0, 0.1) is 6.92 Å². The van der Waals surface area contributed by atoms with Gasteiger partial charge in [0.05, 0.1) is 0 Å². The number of hydrogen-bond donors (Lipinski definition) is 3. The molecule has 0 aromatic heterocycles. The summed E-state index contributed by atoms with van der Waals surface area (Å²) in [6.45, 7) is 4.51. The van der Waals surface area contributed by atoms with Crippen LogP contribution in [-0.2, 0) is 11.3 Å². The molecule has 0 bridgehead atoms. The zero-order valence-electron chi connectivity index (χ0n) is 14.8. The number of nitrogens with one attached hydrogen (secondary N) is 3. The van der Waals surface area contributed by atoms with Gasteiger partial charge in [-0.3, -0.25) is 4.79 Å². The lowest BCUT2D eigenvalue weighted by Gasteiger charge is -2.10. The van der Waals surface area contributed by atoms with Crippen LogP contribution in [0.3, 0.4) is 0 Å². The molecule has 2 aromatic rings. The number of carbonyl (C=O) groups excluding carboxylic acids is 2. The van der Waals surface area contributed by atoms with Crippen molar-refractivity contribution in [3.05, 3.63) is 59.7 Å². The predicted octanol–water partition coefficient (Wildman–Crippen LogP) is 4.45. The molecule has 0 unspecified atom stereocenters. The molecule has 0 atom stereocenters. The van der Waals surface area contributed by atoms with Gasteiger partial charge in [0.1, 0.15) is 0 Å². The van der Waals surface area contributed by atoms with Gasteiger partial charge in [0.2, 0.25) is 5.91 Å². The highest BCUT2D eigenvalue weighted by molar-refractivity contribution is 6.00. The molecule has 3 amide bonds. The van der Waals surface area contributed by atoms with Gasteiger partial charge in [0.25, 0.3) is 0 Å². The van der Waals surface area contributed by atoms with E-state index < -0.39 is 0 Å². The van der Waals surface area contributed by atoms with Crippen LogP contribution in [-0.4, -0.2) is 11.9 Å². The summed E-state index contributed by atoms with van der Waals surface area (Å²) in [6, 6.07) is 14.8. The summed E-state index contributed by atoms with van der Waals surface area (Å²) in [5.41, 5.74) is 3.49. The summed E-state index contributed by atoms with van der Waals surface area (Å²) < 4.78 is 0. The fourth-order valence-corrected chi connectivity index (χ4v) is 2.33. The molecule has 2 aromatic carbocycles. The SMILES string of the molecule is CCCCC(=O)NCc1ccc(NC(=O)Nc2ccccc2C)cc1. The molecule has 0 aliphatic heterocycles. The van der Waals surface area contributed by atoms with Gasteiger partial charge in [-0.1, -0.05) is 43.7 Å². The normalized spacial score (nSPS) is 10.2. The van der Waals surface area contributed by atoms with Crippen LogP contribution in [0.15, 0.2) is 48.5 Å². The third kappa shape index (κ3) is 6.30. The zero-order valence-corrected chi connectivity index (χ0v) is 14.8. The summed E-state index contributed by atoms with van der Waals surface area (Å²) in [4.78, 5) is 23.7. The summed E-state index contributed by atoms with van der Waals surface area (Å²) >= 11 is 0. The lowest BCUT2D eigenvalue weighted by molar-refractivity contribution is -0.121. The number of benzene rings is 2. The minimum atomic E-state index is -0.282. The average Bonchev–Trinajstić information content (AvgIpc) is 2.61. The zero-order chi connectivity index (χ0) is 18.1. The van der Waals surface area contributed by atoms with E-state index in [4.69, 9.17) is 0 Å². The number of aryl methyl sites for hydroxylation is 1. The van der Waals surface area contributed by atoms with Crippen molar-refractivity contribution in [2.24, 2.45) is 0 Å². The lowest BCUT2D eigenvalue weighted by Crippen LogP contribution is -2.22. The molecule has 0 fully saturated rings. The second kappa shape index (κ2) is 9.47. The Morgan fingerprint density at radius 1 is 0.960 bits per heavy atom. The van der Waals surface area contributed by atoms with E-state index in [0.717, 1.165) is 29.7 Å². The third-order valence-corrected chi connectivity index (χ3v) is 3.85. The predicted molar refractivity (Wildman–Crippen MR) is 102 cm³/mol. The van der Waals surface area contributed by atoms with Crippen LogP contribution >= 0.6 is 0 Å². The van der Waals surface area contributed by atoms with Crippen molar-refractivity contribution in [1.82, 2.24) is 5.32 Å². The van der Waals surface area contributed by atoms with Crippen LogP contribution in [0.4, 0.5) is 16.2 Å². The molecule has 25 heavy (non-hydrogen) atoms. The Morgan fingerprint density at radius 2 is 1.68 bits per heavy atom. The van der Waals surface area contributed by atoms with E-state index in [-0.39, 0.29) is 11.9 Å². The highest BCUT2D eigenvalue weighted by Gasteiger charge is 2.05. The molecule has 0 spiro atoms. The number of anilines is 2. The van der Waals surface area contributed by atoms with Crippen LogP contribution in [0.5, 0.6) is 0 Å². The minimum absolute atomic E-state index is 0.0710. The van der Waals surface area contributed by atoms with Gasteiger partial charge in [-0.15, -0.1) is 0 Å². The highest BCUT2D eigenvalue weighted by Crippen LogP contribution is 2.14. The van der Waals surface area contributed by atoms with Crippen LogP contribution < -0.4 is 16.0 Å². The van der Waals surface area contributed by atoms with Gasteiger partial charge in [0, 0.05) is 24.3 Å². The van der Waals surface area contributed by atoms with Crippen LogP contribution in [0.1, 0.15) is 37.3 Å². The second-order valence-electron chi connectivity index (χ2n) is 5.97. The number of amides is 3. The standard InChI is InChI=1S/C20H25N3O2/c1-3-4-9-19(24)21-14-16-10-12-17(13-11-16)22-20(25)23-18-8-6-5-7-15(18)2/h5-8,10-13H,3-4,9,14H2,1-2H3,(H,21,24)(H2,22,23,25). The summed E-state index contributed by atoms with van der Waals surface area (Å²) in [6.07, 6.45) is 2.48. The van der Waals surface area contributed by atoms with Gasteiger partial charge in [0.15, 0.2) is 0 Å². The molecule has 0 radical (unpaired) electrons. The van der Waals surface area contributed by atoms with Crippen LogP contribution in [0.25, 0.3) is 0 Å². The first-order valence-electron chi connectivity index (χ1n) is 8.57. The summed E-state index contributed by atoms with van der Waals surface area (Å²) in [5, 5.41) is 8.52. The number of para-hydroxylation sites is 1. The van der Waals surface area contributed by atoms with Gasteiger partial charge in [-0.05, 0) is 42.7 Å². The van der Waals surface area contributed by atoms with Crippen molar-refractivity contribution >= 4 is 23.3 Å². The summed E-state index contributed by atoms with van der Waals surface area (Å²) in [5.74, 6) is 0.0710. The Kier molecular flexibility index (Phi) is 7.01. The van der Waals surface area contributed by atoms with Crippen molar-refractivity contribution in [3.8, 4) is 0 Å². The Morgan fingerprint density at radius 3 is 2.36 bits per heavy atom. The molecule has 5 nitrogen and oxygen atoms in total. The third-order valence-electron chi connectivity index (χ3n) is 3.85. The van der Waals surface area contributed by atoms with E-state index in [0.29, 0.717) is 18.7 Å². The van der Waals surface area contributed by atoms with Gasteiger partial charge in [-0.2, -0.15) is 0 Å². The maximum atomic E-state index is 12.1. The van der Waals surface area contributed by atoms with Gasteiger partial charge < -0.3 is 16.0 Å². The molecule has 2 rings (SSSR count). The maximum absolute atomic E-state index is 12.1. The van der Waals surface area contributed by atoms with Crippen LogP contribution in [0.2, 0.25) is 0 Å². The van der Waals surface area contributed by atoms with E-state index in [1.807, 2.05) is 55.5 Å². The van der Waals surface area contributed by atoms with Crippen molar-refractivity contribution in [2.45, 2.75) is 39.7 Å². The first kappa shape index (κ1) is 18.5. The second-order valence-corrected chi connectivity index (χ2v) is 5.97. The molecule has 0 aliphatic carbocycles. The molecule has 0 aliphatic rings. The van der Waals surface area contributed by atoms with Gasteiger partial charge >= 0.3 is 6.03 Å². The van der Waals surface area contributed by atoms with Crippen molar-refractivity contribution in [1.29, 1.82) is 0 Å². The first-order chi connectivity index (χ1) is 12.1. The number of rotatable bonds is 7. The number of unbranched alkanes of at least 4 members (excludes halogenated alkanes) is 1. The first-order valence-corrected chi connectivity index (χ1v) is 8.57. The molecule has 5 heteroatoms. The number of hydrogen-bond acceptors (Lipinski definition) is 2. The van der Waals surface area contributed by atoms with Crippen molar-refractivity contribution in [3.63, 3.8) is 0 Å². The van der Waals surface area contributed by atoms with E-state index in [9.17, 15) is 9.59 Å². The maximum Gasteiger partial charge on any atom is 0.323 e. The van der Waals surface area contributed by atoms with Crippen molar-refractivity contribution in [2.75, 3.05) is 10.6 Å². The quantitative estimate of drug-likeness (QED) is 0.697. The van der Waals surface area contributed by atoms with Crippen molar-refractivity contribution < 1.29 is 9.59 Å². The molecule has 0 heterocycles. The fourth-order valence-electron chi connectivity index (χ4n) is 2.33. The Labute approximate surface area is 148 Å². The molecular formula is C20H25N3O2. The largest absolute Gasteiger partial charge is 0.352 e. The lowest BCUT2D eigenvalue weighted by atomic mass is 10.2. The topological polar surface area (TPSA) is 70.2 Å². The fraction of sp³-hybridized carbons (Fsp3) is 0.300. The smallest absolute Gasteiger partial charge is 0.323 e. The Hall–Kier alpha value is -2.82. The monoisotopic (exact) mass is 339 g/mol. The molecular weight excluding hydrogens is 314 g/mol. The average molecular weight is 339 g/mol. The van der Waals surface area contributed by atoms with Gasteiger partial charge in [-0.25, -0.2) is 4.79 Å². The van der Waals surface area contributed by atoms with E-state index in [1.54, 1.807) is 0 Å². The minimum Gasteiger partial charge on any atom is -0.352 e. The summed E-state index contributed by atoms with van der Waals surface area (Å²) in [7, 11) is 0. The highest BCUT2D eigenvalue weighted by atomic mass is 16.2. The number of carbonyl (C=O) groups is 2. The number of urea groups is 1. The van der Waals surface area contributed by atoms with E-state index in [1.165, 1.54) is 0 Å². The molecule has 132 valence electrons. The van der Waals surface area contributed by atoms with E-state index >= 15 is 0 Å². The Balaban J connectivity index is 1.82. The molecule has 0 saturated carbocycles.